The number of Topliss-reactive ketones (excluding diaryl/α,β-unsaturated/α-hetero) is 1. The van der Waals surface area contributed by atoms with E-state index in [0.29, 0.717) is 5.78 Å². The molecule has 0 unspecified atom stereocenters. The molecule has 1 aliphatic heterocycles. The zero-order valence-electron chi connectivity index (χ0n) is 15.0. The van der Waals surface area contributed by atoms with Gasteiger partial charge in [-0.05, 0) is 63.7 Å². The van der Waals surface area contributed by atoms with Crippen LogP contribution in [0.2, 0.25) is 0 Å². The van der Waals surface area contributed by atoms with Crippen molar-refractivity contribution in [2.24, 2.45) is 5.41 Å². The Morgan fingerprint density at radius 1 is 1.09 bits per heavy atom. The lowest BCUT2D eigenvalue weighted by Crippen LogP contribution is -2.44. The van der Waals surface area contributed by atoms with Crippen LogP contribution in [0.5, 0.6) is 0 Å². The molecule has 0 saturated carbocycles. The molecule has 128 valence electrons. The number of carbonyl (C=O) groups is 1. The molecule has 0 radical (unpaired) electrons. The van der Waals surface area contributed by atoms with Gasteiger partial charge >= 0.3 is 0 Å². The number of carbonyl (C=O) groups excluding carboxylic acids is 1. The number of rotatable bonds is 9. The van der Waals surface area contributed by atoms with Crippen LogP contribution in [-0.2, 0) is 11.2 Å². The summed E-state index contributed by atoms with van der Waals surface area (Å²) in [7, 11) is 0. The van der Waals surface area contributed by atoms with E-state index in [1.807, 2.05) is 0 Å². The Kier molecular flexibility index (Phi) is 7.29. The van der Waals surface area contributed by atoms with Crippen molar-refractivity contribution < 1.29 is 4.79 Å². The molecule has 1 aliphatic rings. The van der Waals surface area contributed by atoms with Crippen LogP contribution in [0.3, 0.4) is 0 Å². The van der Waals surface area contributed by atoms with Crippen molar-refractivity contribution in [3.05, 3.63) is 35.9 Å². The first-order chi connectivity index (χ1) is 11.2. The van der Waals surface area contributed by atoms with Crippen LogP contribution in [-0.4, -0.2) is 30.3 Å². The Bertz CT molecular complexity index is 460. The molecule has 1 aromatic rings. The lowest BCUT2D eigenvalue weighted by atomic mass is 9.70. The third-order valence-electron chi connectivity index (χ3n) is 5.39. The molecule has 2 nitrogen and oxygen atoms in total. The van der Waals surface area contributed by atoms with E-state index in [4.69, 9.17) is 0 Å². The maximum Gasteiger partial charge on any atom is 0.139 e. The van der Waals surface area contributed by atoms with Gasteiger partial charge in [-0.2, -0.15) is 0 Å². The summed E-state index contributed by atoms with van der Waals surface area (Å²) in [6.07, 6.45) is 8.50. The van der Waals surface area contributed by atoms with Gasteiger partial charge in [-0.1, -0.05) is 50.6 Å². The zero-order chi connectivity index (χ0) is 16.5. The Morgan fingerprint density at radius 3 is 2.39 bits per heavy atom. The molecule has 0 bridgehead atoms. The number of piperidine rings is 1. The fourth-order valence-electron chi connectivity index (χ4n) is 4.00. The molecule has 0 aromatic heterocycles. The van der Waals surface area contributed by atoms with E-state index < -0.39 is 0 Å². The van der Waals surface area contributed by atoms with E-state index in [1.54, 1.807) is 0 Å². The number of likely N-dealkylation sites (tertiary alicyclic amines) is 1. The highest BCUT2D eigenvalue weighted by Gasteiger charge is 2.39. The summed E-state index contributed by atoms with van der Waals surface area (Å²) in [6.45, 7) is 7.71. The van der Waals surface area contributed by atoms with Gasteiger partial charge in [0.2, 0.25) is 0 Å². The summed E-state index contributed by atoms with van der Waals surface area (Å²) in [5, 5.41) is 0. The van der Waals surface area contributed by atoms with Crippen molar-refractivity contribution >= 4 is 5.78 Å². The zero-order valence-corrected chi connectivity index (χ0v) is 15.0. The summed E-state index contributed by atoms with van der Waals surface area (Å²) in [5.41, 5.74) is 1.43. The Balaban J connectivity index is 1.78. The normalized spacial score (nSPS) is 18.0. The second kappa shape index (κ2) is 9.22. The SMILES string of the molecule is CCCC(=O)C1(CCC)CCN(CCCc2ccccc2)CC1. The Morgan fingerprint density at radius 2 is 1.78 bits per heavy atom. The second-order valence-electron chi connectivity index (χ2n) is 7.13. The summed E-state index contributed by atoms with van der Waals surface area (Å²) in [6, 6.07) is 10.7. The minimum absolute atomic E-state index is 0.000685. The third kappa shape index (κ3) is 5.17. The molecule has 0 aliphatic carbocycles. The summed E-state index contributed by atoms with van der Waals surface area (Å²) in [5.74, 6) is 0.533. The lowest BCUT2D eigenvalue weighted by Gasteiger charge is -2.41. The molecule has 0 atom stereocenters. The van der Waals surface area contributed by atoms with Crippen LogP contribution in [0.4, 0.5) is 0 Å². The van der Waals surface area contributed by atoms with Crippen LogP contribution < -0.4 is 0 Å². The predicted octanol–water partition coefficient (Wildman–Crippen LogP) is 4.87. The molecule has 1 fully saturated rings. The van der Waals surface area contributed by atoms with Gasteiger partial charge in [-0.25, -0.2) is 0 Å². The van der Waals surface area contributed by atoms with E-state index in [-0.39, 0.29) is 5.41 Å². The number of benzene rings is 1. The van der Waals surface area contributed by atoms with Gasteiger partial charge in [0.05, 0.1) is 0 Å². The average Bonchev–Trinajstić information content (AvgIpc) is 2.58. The van der Waals surface area contributed by atoms with E-state index in [0.717, 1.165) is 58.0 Å². The first-order valence-electron chi connectivity index (χ1n) is 9.50. The maximum absolute atomic E-state index is 12.6. The van der Waals surface area contributed by atoms with Gasteiger partial charge < -0.3 is 4.90 Å². The maximum atomic E-state index is 12.6. The van der Waals surface area contributed by atoms with E-state index in [9.17, 15) is 4.79 Å². The predicted molar refractivity (Wildman–Crippen MR) is 97.7 cm³/mol. The lowest BCUT2D eigenvalue weighted by molar-refractivity contribution is -0.132. The number of aryl methyl sites for hydroxylation is 1. The molecule has 0 amide bonds. The van der Waals surface area contributed by atoms with Gasteiger partial charge in [0.25, 0.3) is 0 Å². The second-order valence-corrected chi connectivity index (χ2v) is 7.13. The highest BCUT2D eigenvalue weighted by atomic mass is 16.1. The molecule has 1 heterocycles. The molecule has 2 rings (SSSR count). The summed E-state index contributed by atoms with van der Waals surface area (Å²) < 4.78 is 0. The monoisotopic (exact) mass is 315 g/mol. The topological polar surface area (TPSA) is 20.3 Å². The van der Waals surface area contributed by atoms with E-state index >= 15 is 0 Å². The van der Waals surface area contributed by atoms with Crippen molar-refractivity contribution in [3.63, 3.8) is 0 Å². The first-order valence-corrected chi connectivity index (χ1v) is 9.50. The van der Waals surface area contributed by atoms with Crippen LogP contribution in [0, 0.1) is 5.41 Å². The molecule has 2 heteroatoms. The average molecular weight is 316 g/mol. The largest absolute Gasteiger partial charge is 0.303 e. The van der Waals surface area contributed by atoms with Gasteiger partial charge in [0, 0.05) is 11.8 Å². The number of nitrogens with zero attached hydrogens (tertiary/aromatic N) is 1. The van der Waals surface area contributed by atoms with Crippen molar-refractivity contribution in [1.82, 2.24) is 4.90 Å². The minimum Gasteiger partial charge on any atom is -0.303 e. The van der Waals surface area contributed by atoms with Crippen molar-refractivity contribution in [3.8, 4) is 0 Å². The van der Waals surface area contributed by atoms with Crippen LogP contribution in [0.25, 0.3) is 0 Å². The molecular weight excluding hydrogens is 282 g/mol. The van der Waals surface area contributed by atoms with Crippen molar-refractivity contribution in [1.29, 1.82) is 0 Å². The fourth-order valence-corrected chi connectivity index (χ4v) is 4.00. The van der Waals surface area contributed by atoms with E-state index in [1.165, 1.54) is 18.5 Å². The molecular formula is C21H33NO. The minimum atomic E-state index is 0.000685. The first kappa shape index (κ1) is 18.2. The molecule has 0 spiro atoms. The van der Waals surface area contributed by atoms with Gasteiger partial charge in [-0.15, -0.1) is 0 Å². The number of hydrogen-bond acceptors (Lipinski definition) is 2. The van der Waals surface area contributed by atoms with Crippen LogP contribution >= 0.6 is 0 Å². The smallest absolute Gasteiger partial charge is 0.139 e. The molecule has 23 heavy (non-hydrogen) atoms. The van der Waals surface area contributed by atoms with E-state index in [2.05, 4.69) is 49.1 Å². The Labute approximate surface area is 142 Å². The number of hydrogen-bond donors (Lipinski definition) is 0. The quantitative estimate of drug-likeness (QED) is 0.648. The van der Waals surface area contributed by atoms with Crippen molar-refractivity contribution in [2.45, 2.75) is 65.2 Å². The molecule has 1 saturated heterocycles. The number of ketones is 1. The summed E-state index contributed by atoms with van der Waals surface area (Å²) in [4.78, 5) is 15.2. The van der Waals surface area contributed by atoms with Crippen LogP contribution in [0.1, 0.15) is 64.4 Å². The van der Waals surface area contributed by atoms with Crippen molar-refractivity contribution in [2.75, 3.05) is 19.6 Å². The van der Waals surface area contributed by atoms with Gasteiger partial charge in [-0.3, -0.25) is 4.79 Å². The Hall–Kier alpha value is -1.15. The van der Waals surface area contributed by atoms with Gasteiger partial charge in [0.15, 0.2) is 0 Å². The summed E-state index contributed by atoms with van der Waals surface area (Å²) >= 11 is 0. The van der Waals surface area contributed by atoms with Crippen LogP contribution in [0.15, 0.2) is 30.3 Å². The molecule has 1 aromatic carbocycles. The third-order valence-corrected chi connectivity index (χ3v) is 5.39. The van der Waals surface area contributed by atoms with Gasteiger partial charge in [0.1, 0.15) is 5.78 Å². The highest BCUT2D eigenvalue weighted by molar-refractivity contribution is 5.84. The standard InChI is InChI=1S/C21H33NO/c1-3-9-20(23)21(13-4-2)14-17-22(18-15-21)16-8-12-19-10-6-5-7-11-19/h5-7,10-11H,3-4,8-9,12-18H2,1-2H3. The molecule has 0 N–H and O–H groups in total. The highest BCUT2D eigenvalue weighted by Crippen LogP contribution is 2.38. The fraction of sp³-hybridized carbons (Fsp3) is 0.667.